The minimum Gasteiger partial charge on any atom is -0.398 e. The molecule has 3 heterocycles. The standard InChI is InChI=1S/C16H19N3O3/c17-12-3-1-2-11-14(12)13(19-4-6-20-7-5-19)10-18-15(11)16-21-8-9-22-16/h1-3,10,16H,4-9,17H2. The number of aromatic nitrogens is 1. The maximum absolute atomic E-state index is 6.26. The van der Waals surface area contributed by atoms with E-state index < -0.39 is 6.29 Å². The molecule has 1 aromatic carbocycles. The van der Waals surface area contributed by atoms with E-state index in [9.17, 15) is 0 Å². The number of ether oxygens (including phenoxy) is 3. The lowest BCUT2D eigenvalue weighted by atomic mass is 10.1. The summed E-state index contributed by atoms with van der Waals surface area (Å²) in [5.41, 5.74) is 8.87. The molecular formula is C16H19N3O3. The van der Waals surface area contributed by atoms with Crippen molar-refractivity contribution < 1.29 is 14.2 Å². The minimum atomic E-state index is -0.400. The van der Waals surface area contributed by atoms with Gasteiger partial charge in [0.2, 0.25) is 6.29 Å². The third-order valence-corrected chi connectivity index (χ3v) is 4.15. The molecule has 0 unspecified atom stereocenters. The fourth-order valence-corrected chi connectivity index (χ4v) is 3.08. The van der Waals surface area contributed by atoms with Crippen LogP contribution >= 0.6 is 0 Å². The first-order valence-electron chi connectivity index (χ1n) is 7.57. The molecule has 2 aliphatic heterocycles. The highest BCUT2D eigenvalue weighted by Crippen LogP contribution is 2.36. The van der Waals surface area contributed by atoms with Gasteiger partial charge in [-0.25, -0.2) is 0 Å². The van der Waals surface area contributed by atoms with Crippen molar-refractivity contribution in [1.29, 1.82) is 0 Å². The summed E-state index contributed by atoms with van der Waals surface area (Å²) in [7, 11) is 0. The summed E-state index contributed by atoms with van der Waals surface area (Å²) < 4.78 is 16.7. The van der Waals surface area contributed by atoms with E-state index in [1.807, 2.05) is 24.4 Å². The van der Waals surface area contributed by atoms with Crippen LogP contribution in [0.5, 0.6) is 0 Å². The summed E-state index contributed by atoms with van der Waals surface area (Å²) >= 11 is 0. The summed E-state index contributed by atoms with van der Waals surface area (Å²) in [6.45, 7) is 4.35. The number of morpholine rings is 1. The second-order valence-corrected chi connectivity index (χ2v) is 5.47. The van der Waals surface area contributed by atoms with Gasteiger partial charge in [-0.15, -0.1) is 0 Å². The maximum Gasteiger partial charge on any atom is 0.201 e. The normalized spacial score (nSPS) is 19.9. The van der Waals surface area contributed by atoms with Gasteiger partial charge in [-0.3, -0.25) is 4.98 Å². The molecule has 2 aliphatic rings. The lowest BCUT2D eigenvalue weighted by Crippen LogP contribution is -2.36. The average molecular weight is 301 g/mol. The van der Waals surface area contributed by atoms with Crippen LogP contribution in [0.4, 0.5) is 11.4 Å². The van der Waals surface area contributed by atoms with Gasteiger partial charge in [0.05, 0.1) is 38.3 Å². The summed E-state index contributed by atoms with van der Waals surface area (Å²) in [5, 5.41) is 2.02. The van der Waals surface area contributed by atoms with Crippen molar-refractivity contribution in [2.24, 2.45) is 0 Å². The summed E-state index contributed by atoms with van der Waals surface area (Å²) in [6, 6.07) is 5.90. The van der Waals surface area contributed by atoms with Crippen molar-refractivity contribution in [2.45, 2.75) is 6.29 Å². The van der Waals surface area contributed by atoms with Crippen molar-refractivity contribution in [3.05, 3.63) is 30.1 Å². The molecule has 0 atom stereocenters. The lowest BCUT2D eigenvalue weighted by Gasteiger charge is -2.30. The molecule has 0 radical (unpaired) electrons. The molecule has 4 rings (SSSR count). The van der Waals surface area contributed by atoms with Crippen LogP contribution in [0.15, 0.2) is 24.4 Å². The number of pyridine rings is 1. The van der Waals surface area contributed by atoms with Gasteiger partial charge in [-0.1, -0.05) is 12.1 Å². The van der Waals surface area contributed by atoms with Crippen molar-refractivity contribution >= 4 is 22.1 Å². The van der Waals surface area contributed by atoms with E-state index in [1.165, 1.54) is 0 Å². The van der Waals surface area contributed by atoms with Crippen LogP contribution in [0.25, 0.3) is 10.8 Å². The van der Waals surface area contributed by atoms with Gasteiger partial charge < -0.3 is 24.8 Å². The first-order chi connectivity index (χ1) is 10.8. The largest absolute Gasteiger partial charge is 0.398 e. The Bertz CT molecular complexity index is 680. The number of hydrogen-bond donors (Lipinski definition) is 1. The van der Waals surface area contributed by atoms with E-state index in [2.05, 4.69) is 9.88 Å². The average Bonchev–Trinajstić information content (AvgIpc) is 3.09. The monoisotopic (exact) mass is 301 g/mol. The van der Waals surface area contributed by atoms with E-state index >= 15 is 0 Å². The van der Waals surface area contributed by atoms with E-state index in [0.29, 0.717) is 13.2 Å². The van der Waals surface area contributed by atoms with Gasteiger partial charge in [-0.2, -0.15) is 0 Å². The summed E-state index contributed by atoms with van der Waals surface area (Å²) in [5.74, 6) is 0. The van der Waals surface area contributed by atoms with Crippen LogP contribution < -0.4 is 10.6 Å². The first-order valence-corrected chi connectivity index (χ1v) is 7.57. The number of nitrogen functional groups attached to an aromatic ring is 1. The highest BCUT2D eigenvalue weighted by atomic mass is 16.7. The van der Waals surface area contributed by atoms with Crippen LogP contribution in [0, 0.1) is 0 Å². The SMILES string of the molecule is Nc1cccc2c(C3OCCO3)ncc(N3CCOCC3)c12. The zero-order chi connectivity index (χ0) is 14.9. The third kappa shape index (κ3) is 2.29. The first kappa shape index (κ1) is 13.8. The Labute approximate surface area is 128 Å². The molecule has 0 bridgehead atoms. The lowest BCUT2D eigenvalue weighted by molar-refractivity contribution is -0.0460. The zero-order valence-corrected chi connectivity index (χ0v) is 12.3. The molecule has 2 N–H and O–H groups in total. The van der Waals surface area contributed by atoms with Crippen LogP contribution in [0.1, 0.15) is 12.0 Å². The second kappa shape index (κ2) is 5.72. The summed E-state index contributed by atoms with van der Waals surface area (Å²) in [4.78, 5) is 6.89. The Hall–Kier alpha value is -1.89. The number of fused-ring (bicyclic) bond motifs is 1. The molecule has 6 nitrogen and oxygen atoms in total. The minimum absolute atomic E-state index is 0.400. The van der Waals surface area contributed by atoms with Crippen LogP contribution in [-0.2, 0) is 14.2 Å². The Kier molecular flexibility index (Phi) is 3.57. The number of nitrogens with zero attached hydrogens (tertiary/aromatic N) is 2. The highest BCUT2D eigenvalue weighted by molar-refractivity contribution is 6.03. The number of rotatable bonds is 2. The third-order valence-electron chi connectivity index (χ3n) is 4.15. The van der Waals surface area contributed by atoms with Gasteiger partial charge >= 0.3 is 0 Å². The molecule has 0 amide bonds. The predicted molar refractivity (Wildman–Crippen MR) is 83.8 cm³/mol. The van der Waals surface area contributed by atoms with Gasteiger partial charge in [0.25, 0.3) is 0 Å². The van der Waals surface area contributed by atoms with E-state index in [4.69, 9.17) is 19.9 Å². The molecule has 0 saturated carbocycles. The molecule has 6 heteroatoms. The van der Waals surface area contributed by atoms with Gasteiger partial charge in [0.1, 0.15) is 5.69 Å². The second-order valence-electron chi connectivity index (χ2n) is 5.47. The topological polar surface area (TPSA) is 69.8 Å². The van der Waals surface area contributed by atoms with Crippen LogP contribution in [0.3, 0.4) is 0 Å². The molecule has 1 aromatic heterocycles. The molecule has 116 valence electrons. The maximum atomic E-state index is 6.26. The number of benzene rings is 1. The van der Waals surface area contributed by atoms with Crippen molar-refractivity contribution in [3.8, 4) is 0 Å². The van der Waals surface area contributed by atoms with Gasteiger partial charge in [0.15, 0.2) is 0 Å². The Morgan fingerprint density at radius 3 is 2.64 bits per heavy atom. The van der Waals surface area contributed by atoms with Crippen molar-refractivity contribution in [1.82, 2.24) is 4.98 Å². The highest BCUT2D eigenvalue weighted by Gasteiger charge is 2.25. The fraction of sp³-hybridized carbons (Fsp3) is 0.438. The number of anilines is 2. The Morgan fingerprint density at radius 2 is 1.86 bits per heavy atom. The predicted octanol–water partition coefficient (Wildman–Crippen LogP) is 1.70. The summed E-state index contributed by atoms with van der Waals surface area (Å²) in [6.07, 6.45) is 1.48. The molecule has 22 heavy (non-hydrogen) atoms. The Morgan fingerprint density at radius 1 is 1.09 bits per heavy atom. The smallest absolute Gasteiger partial charge is 0.201 e. The van der Waals surface area contributed by atoms with Crippen LogP contribution in [0.2, 0.25) is 0 Å². The van der Waals surface area contributed by atoms with Crippen LogP contribution in [-0.4, -0.2) is 44.5 Å². The Balaban J connectivity index is 1.86. The molecular weight excluding hydrogens is 282 g/mol. The molecule has 0 spiro atoms. The molecule has 2 fully saturated rings. The zero-order valence-electron chi connectivity index (χ0n) is 12.3. The van der Waals surface area contributed by atoms with Gasteiger partial charge in [0, 0.05) is 29.5 Å². The van der Waals surface area contributed by atoms with E-state index in [1.54, 1.807) is 0 Å². The van der Waals surface area contributed by atoms with Crippen molar-refractivity contribution in [3.63, 3.8) is 0 Å². The fourth-order valence-electron chi connectivity index (χ4n) is 3.08. The van der Waals surface area contributed by atoms with E-state index in [0.717, 1.165) is 54.1 Å². The van der Waals surface area contributed by atoms with Crippen molar-refractivity contribution in [2.75, 3.05) is 50.2 Å². The quantitative estimate of drug-likeness (QED) is 0.851. The van der Waals surface area contributed by atoms with E-state index in [-0.39, 0.29) is 0 Å². The molecule has 2 saturated heterocycles. The molecule has 0 aliphatic carbocycles. The number of hydrogen-bond acceptors (Lipinski definition) is 6. The van der Waals surface area contributed by atoms with Gasteiger partial charge in [-0.05, 0) is 6.07 Å². The number of nitrogens with two attached hydrogens (primary N) is 1. The molecule has 2 aromatic rings.